The van der Waals surface area contributed by atoms with Crippen molar-refractivity contribution in [1.82, 2.24) is 10.2 Å². The van der Waals surface area contributed by atoms with Crippen LogP contribution in [-0.2, 0) is 9.47 Å². The standard InChI is InChI=1S/C12H20N2O3/c1-8(2)10-7-11(14-13-10)12(15)17-6-5-9(3)16-4/h7-9H,5-6H2,1-4H3,(H,13,14)/t9-/m1/s1. The third-order valence-electron chi connectivity index (χ3n) is 2.59. The molecule has 1 aromatic heterocycles. The summed E-state index contributed by atoms with van der Waals surface area (Å²) in [5, 5.41) is 6.75. The minimum Gasteiger partial charge on any atom is -0.461 e. The van der Waals surface area contributed by atoms with Crippen molar-refractivity contribution in [3.8, 4) is 0 Å². The maximum atomic E-state index is 11.6. The Kier molecular flexibility index (Phi) is 5.15. The van der Waals surface area contributed by atoms with Crippen molar-refractivity contribution in [2.24, 2.45) is 0 Å². The Bertz CT molecular complexity index is 360. The van der Waals surface area contributed by atoms with Gasteiger partial charge in [0.1, 0.15) is 0 Å². The first-order valence-corrected chi connectivity index (χ1v) is 5.79. The molecule has 0 fully saturated rings. The molecule has 1 aromatic rings. The fourth-order valence-corrected chi connectivity index (χ4v) is 1.25. The average molecular weight is 240 g/mol. The van der Waals surface area contributed by atoms with E-state index < -0.39 is 5.97 Å². The van der Waals surface area contributed by atoms with E-state index in [9.17, 15) is 4.79 Å². The number of aromatic amines is 1. The lowest BCUT2D eigenvalue weighted by molar-refractivity contribution is 0.0385. The summed E-state index contributed by atoms with van der Waals surface area (Å²) in [6, 6.07) is 1.73. The van der Waals surface area contributed by atoms with Crippen molar-refractivity contribution >= 4 is 5.97 Å². The summed E-state index contributed by atoms with van der Waals surface area (Å²) in [5.41, 5.74) is 1.26. The number of hydrogen-bond donors (Lipinski definition) is 1. The number of methoxy groups -OCH3 is 1. The largest absolute Gasteiger partial charge is 0.461 e. The van der Waals surface area contributed by atoms with Crippen LogP contribution in [-0.4, -0.2) is 36.0 Å². The Labute approximate surface area is 102 Å². The van der Waals surface area contributed by atoms with Crippen molar-refractivity contribution < 1.29 is 14.3 Å². The molecule has 0 amide bonds. The van der Waals surface area contributed by atoms with E-state index in [2.05, 4.69) is 10.2 Å². The highest BCUT2D eigenvalue weighted by atomic mass is 16.5. The zero-order valence-electron chi connectivity index (χ0n) is 10.8. The van der Waals surface area contributed by atoms with Crippen LogP contribution in [0.15, 0.2) is 6.07 Å². The van der Waals surface area contributed by atoms with Crippen molar-refractivity contribution in [3.05, 3.63) is 17.5 Å². The first-order chi connectivity index (χ1) is 8.04. The van der Waals surface area contributed by atoms with Gasteiger partial charge < -0.3 is 9.47 Å². The summed E-state index contributed by atoms with van der Waals surface area (Å²) in [5.74, 6) is -0.0750. The number of nitrogens with one attached hydrogen (secondary N) is 1. The summed E-state index contributed by atoms with van der Waals surface area (Å²) >= 11 is 0. The molecule has 1 heterocycles. The quantitative estimate of drug-likeness (QED) is 0.773. The number of hydrogen-bond acceptors (Lipinski definition) is 4. The highest BCUT2D eigenvalue weighted by molar-refractivity contribution is 5.87. The second-order valence-corrected chi connectivity index (χ2v) is 4.33. The van der Waals surface area contributed by atoms with Crippen LogP contribution < -0.4 is 0 Å². The van der Waals surface area contributed by atoms with Crippen LogP contribution in [0.1, 0.15) is 49.3 Å². The maximum absolute atomic E-state index is 11.6. The van der Waals surface area contributed by atoms with E-state index in [1.165, 1.54) is 0 Å². The first kappa shape index (κ1) is 13.7. The van der Waals surface area contributed by atoms with E-state index >= 15 is 0 Å². The molecule has 0 radical (unpaired) electrons. The number of H-pyrrole nitrogens is 1. The van der Waals surface area contributed by atoms with Crippen molar-refractivity contribution in [2.75, 3.05) is 13.7 Å². The van der Waals surface area contributed by atoms with Gasteiger partial charge in [-0.15, -0.1) is 0 Å². The molecule has 0 saturated carbocycles. The topological polar surface area (TPSA) is 64.2 Å². The monoisotopic (exact) mass is 240 g/mol. The van der Waals surface area contributed by atoms with Crippen LogP contribution in [0.4, 0.5) is 0 Å². The molecule has 0 aliphatic rings. The summed E-state index contributed by atoms with van der Waals surface area (Å²) in [4.78, 5) is 11.6. The molecule has 96 valence electrons. The minimum absolute atomic E-state index is 0.0909. The second kappa shape index (κ2) is 6.39. The fraction of sp³-hybridized carbons (Fsp3) is 0.667. The Morgan fingerprint density at radius 3 is 2.71 bits per heavy atom. The molecule has 0 bridgehead atoms. The molecule has 5 heteroatoms. The molecule has 0 spiro atoms. The van der Waals surface area contributed by atoms with E-state index in [1.807, 2.05) is 20.8 Å². The third-order valence-corrected chi connectivity index (χ3v) is 2.59. The molecule has 17 heavy (non-hydrogen) atoms. The lowest BCUT2D eigenvalue weighted by atomic mass is 10.1. The van der Waals surface area contributed by atoms with Crippen LogP contribution in [0.5, 0.6) is 0 Å². The molecule has 5 nitrogen and oxygen atoms in total. The predicted molar refractivity (Wildman–Crippen MR) is 64.0 cm³/mol. The van der Waals surface area contributed by atoms with Crippen LogP contribution in [0.25, 0.3) is 0 Å². The van der Waals surface area contributed by atoms with E-state index in [0.717, 1.165) is 5.69 Å². The number of ether oxygens (including phenoxy) is 2. The molecule has 0 aliphatic heterocycles. The van der Waals surface area contributed by atoms with Crippen LogP contribution in [0.2, 0.25) is 0 Å². The Morgan fingerprint density at radius 1 is 1.47 bits per heavy atom. The van der Waals surface area contributed by atoms with Crippen molar-refractivity contribution in [3.63, 3.8) is 0 Å². The minimum atomic E-state index is -0.392. The van der Waals surface area contributed by atoms with Gasteiger partial charge in [-0.2, -0.15) is 5.10 Å². The highest BCUT2D eigenvalue weighted by Gasteiger charge is 2.13. The molecule has 0 saturated heterocycles. The summed E-state index contributed by atoms with van der Waals surface area (Å²) < 4.78 is 10.2. The SMILES string of the molecule is CO[C@H](C)CCOC(=O)c1cc(C(C)C)[nH]n1. The Hall–Kier alpha value is -1.36. The normalized spacial score (nSPS) is 12.8. The molecule has 0 unspecified atom stereocenters. The predicted octanol–water partition coefficient (Wildman–Crippen LogP) is 2.11. The molecule has 1 atom stereocenters. The van der Waals surface area contributed by atoms with Gasteiger partial charge in [-0.3, -0.25) is 5.10 Å². The molecule has 0 aromatic carbocycles. The zero-order valence-corrected chi connectivity index (χ0v) is 10.8. The van der Waals surface area contributed by atoms with E-state index in [-0.39, 0.29) is 6.10 Å². The average Bonchev–Trinajstić information content (AvgIpc) is 2.78. The zero-order chi connectivity index (χ0) is 12.8. The lowest BCUT2D eigenvalue weighted by Gasteiger charge is -2.08. The smallest absolute Gasteiger partial charge is 0.358 e. The number of carbonyl (C=O) groups excluding carboxylic acids is 1. The van der Waals surface area contributed by atoms with Gasteiger partial charge in [0.15, 0.2) is 5.69 Å². The number of nitrogens with zero attached hydrogens (tertiary/aromatic N) is 1. The van der Waals surface area contributed by atoms with Crippen LogP contribution >= 0.6 is 0 Å². The van der Waals surface area contributed by atoms with Gasteiger partial charge in [0.2, 0.25) is 0 Å². The van der Waals surface area contributed by atoms with Gasteiger partial charge in [0.05, 0.1) is 12.7 Å². The van der Waals surface area contributed by atoms with Gasteiger partial charge >= 0.3 is 5.97 Å². The molecule has 1 rings (SSSR count). The highest BCUT2D eigenvalue weighted by Crippen LogP contribution is 2.12. The number of rotatable bonds is 6. The Balaban J connectivity index is 2.41. The van der Waals surface area contributed by atoms with Gasteiger partial charge in [-0.05, 0) is 18.9 Å². The summed E-state index contributed by atoms with van der Waals surface area (Å²) in [7, 11) is 1.63. The van der Waals surface area contributed by atoms with Gasteiger partial charge in [-0.1, -0.05) is 13.8 Å². The fourth-order valence-electron chi connectivity index (χ4n) is 1.25. The molecular formula is C12H20N2O3. The second-order valence-electron chi connectivity index (χ2n) is 4.33. The van der Waals surface area contributed by atoms with Crippen LogP contribution in [0.3, 0.4) is 0 Å². The van der Waals surface area contributed by atoms with Gasteiger partial charge in [-0.25, -0.2) is 4.79 Å². The summed E-state index contributed by atoms with van der Waals surface area (Å²) in [6.45, 7) is 6.34. The molecule has 0 aliphatic carbocycles. The molecular weight excluding hydrogens is 220 g/mol. The third kappa shape index (κ3) is 4.19. The number of carbonyl (C=O) groups is 1. The van der Waals surface area contributed by atoms with E-state index in [4.69, 9.17) is 9.47 Å². The van der Waals surface area contributed by atoms with Crippen LogP contribution in [0, 0.1) is 0 Å². The summed E-state index contributed by atoms with van der Waals surface area (Å²) in [6.07, 6.45) is 0.775. The van der Waals surface area contributed by atoms with E-state index in [1.54, 1.807) is 13.2 Å². The lowest BCUT2D eigenvalue weighted by Crippen LogP contribution is -2.13. The molecule has 1 N–H and O–H groups in total. The number of aromatic nitrogens is 2. The number of esters is 1. The van der Waals surface area contributed by atoms with E-state index in [0.29, 0.717) is 24.6 Å². The van der Waals surface area contributed by atoms with Gasteiger partial charge in [0, 0.05) is 19.2 Å². The maximum Gasteiger partial charge on any atom is 0.358 e. The van der Waals surface area contributed by atoms with Gasteiger partial charge in [0.25, 0.3) is 0 Å². The van der Waals surface area contributed by atoms with Crippen molar-refractivity contribution in [2.45, 2.75) is 39.2 Å². The Morgan fingerprint density at radius 2 is 2.18 bits per heavy atom. The first-order valence-electron chi connectivity index (χ1n) is 5.79. The van der Waals surface area contributed by atoms with Crippen molar-refractivity contribution in [1.29, 1.82) is 0 Å².